The van der Waals surface area contributed by atoms with E-state index in [1.807, 2.05) is 27.8 Å². The maximum Gasteiger partial charge on any atom is 0.230 e. The third-order valence-electron chi connectivity index (χ3n) is 1.92. The number of nitrogens with one attached hydrogen (secondary N) is 2. The van der Waals surface area contributed by atoms with E-state index in [1.54, 1.807) is 4.68 Å². The highest BCUT2D eigenvalue weighted by molar-refractivity contribution is 7.99. The van der Waals surface area contributed by atoms with Crippen molar-refractivity contribution in [3.63, 3.8) is 0 Å². The number of carbonyl (C=O) groups is 1. The monoisotopic (exact) mass is 272 g/mol. The molecule has 1 rings (SSSR count). The normalized spacial score (nSPS) is 11.6. The number of hydrogen-bond donors (Lipinski definition) is 2. The van der Waals surface area contributed by atoms with Gasteiger partial charge in [-0.2, -0.15) is 0 Å². The number of amides is 1. The molecular weight excluding hydrogens is 252 g/mol. The van der Waals surface area contributed by atoms with Crippen LogP contribution in [0.2, 0.25) is 0 Å². The minimum absolute atomic E-state index is 0.0179. The molecular formula is C10H20N6OS. The van der Waals surface area contributed by atoms with Crippen molar-refractivity contribution in [2.75, 3.05) is 19.3 Å². The molecule has 0 aliphatic heterocycles. The Balaban J connectivity index is 2.43. The molecule has 1 aromatic rings. The lowest BCUT2D eigenvalue weighted by Crippen LogP contribution is -2.41. The van der Waals surface area contributed by atoms with Gasteiger partial charge in [0, 0.05) is 12.1 Å². The summed E-state index contributed by atoms with van der Waals surface area (Å²) in [6.07, 6.45) is 0. The molecule has 0 saturated heterocycles. The first-order chi connectivity index (χ1) is 8.42. The highest BCUT2D eigenvalue weighted by Crippen LogP contribution is 2.13. The van der Waals surface area contributed by atoms with Gasteiger partial charge in [-0.3, -0.25) is 4.79 Å². The second-order valence-electron chi connectivity index (χ2n) is 4.88. The number of nitrogens with zero attached hydrogens (tertiary/aromatic N) is 4. The molecule has 7 nitrogen and oxygen atoms in total. The number of thioether (sulfide) groups is 1. The standard InChI is InChI=1S/C10H20N6OS/c1-10(2,3)12-8(17)7-18-9-13-14-15-16(9)6-5-11-4/h11H,5-7H2,1-4H3,(H,12,17). The number of aromatic nitrogens is 4. The summed E-state index contributed by atoms with van der Waals surface area (Å²) in [5, 5.41) is 18.0. The number of likely N-dealkylation sites (N-methyl/N-ethyl adjacent to an activating group) is 1. The Kier molecular flexibility index (Phi) is 5.54. The Hall–Kier alpha value is -1.15. The fourth-order valence-electron chi connectivity index (χ4n) is 1.24. The highest BCUT2D eigenvalue weighted by Gasteiger charge is 2.15. The molecule has 0 atom stereocenters. The molecule has 0 fully saturated rings. The molecule has 1 aromatic heterocycles. The van der Waals surface area contributed by atoms with Crippen molar-refractivity contribution in [1.29, 1.82) is 0 Å². The molecule has 0 bridgehead atoms. The lowest BCUT2D eigenvalue weighted by atomic mass is 10.1. The van der Waals surface area contributed by atoms with Crippen LogP contribution in [0.4, 0.5) is 0 Å². The average molecular weight is 272 g/mol. The summed E-state index contributed by atoms with van der Waals surface area (Å²) in [6.45, 7) is 7.32. The SMILES string of the molecule is CNCCn1nnnc1SCC(=O)NC(C)(C)C. The molecule has 0 aromatic carbocycles. The Morgan fingerprint density at radius 3 is 2.78 bits per heavy atom. The molecule has 0 aliphatic rings. The summed E-state index contributed by atoms with van der Waals surface area (Å²) in [7, 11) is 1.87. The van der Waals surface area contributed by atoms with Gasteiger partial charge in [-0.1, -0.05) is 11.8 Å². The van der Waals surface area contributed by atoms with E-state index >= 15 is 0 Å². The molecule has 1 amide bonds. The molecule has 0 unspecified atom stereocenters. The fourth-order valence-corrected chi connectivity index (χ4v) is 1.95. The highest BCUT2D eigenvalue weighted by atomic mass is 32.2. The second-order valence-corrected chi connectivity index (χ2v) is 5.82. The summed E-state index contributed by atoms with van der Waals surface area (Å²) >= 11 is 1.34. The minimum Gasteiger partial charge on any atom is -0.351 e. The van der Waals surface area contributed by atoms with Crippen LogP contribution in [0.3, 0.4) is 0 Å². The van der Waals surface area contributed by atoms with Gasteiger partial charge in [-0.05, 0) is 38.2 Å². The van der Waals surface area contributed by atoms with E-state index in [-0.39, 0.29) is 11.4 Å². The van der Waals surface area contributed by atoms with E-state index in [9.17, 15) is 4.79 Å². The largest absolute Gasteiger partial charge is 0.351 e. The third kappa shape index (κ3) is 5.46. The number of carbonyl (C=O) groups excluding carboxylic acids is 1. The van der Waals surface area contributed by atoms with Crippen LogP contribution in [-0.4, -0.2) is 51.0 Å². The minimum atomic E-state index is -0.213. The summed E-state index contributed by atoms with van der Waals surface area (Å²) in [5.74, 6) is 0.299. The Morgan fingerprint density at radius 2 is 2.17 bits per heavy atom. The third-order valence-corrected chi connectivity index (χ3v) is 2.88. The van der Waals surface area contributed by atoms with Gasteiger partial charge >= 0.3 is 0 Å². The molecule has 0 radical (unpaired) electrons. The van der Waals surface area contributed by atoms with Gasteiger partial charge in [0.15, 0.2) is 0 Å². The van der Waals surface area contributed by atoms with Gasteiger partial charge in [0.2, 0.25) is 11.1 Å². The Bertz CT molecular complexity index is 386. The number of hydrogen-bond acceptors (Lipinski definition) is 6. The van der Waals surface area contributed by atoms with E-state index in [1.165, 1.54) is 11.8 Å². The zero-order valence-electron chi connectivity index (χ0n) is 11.2. The van der Waals surface area contributed by atoms with Gasteiger partial charge in [-0.15, -0.1) is 5.10 Å². The van der Waals surface area contributed by atoms with Gasteiger partial charge in [0.1, 0.15) is 0 Å². The lowest BCUT2D eigenvalue weighted by molar-refractivity contribution is -0.119. The van der Waals surface area contributed by atoms with Crippen molar-refractivity contribution in [2.24, 2.45) is 0 Å². The smallest absolute Gasteiger partial charge is 0.230 e. The second kappa shape index (κ2) is 6.69. The van der Waals surface area contributed by atoms with Crippen LogP contribution in [0.1, 0.15) is 20.8 Å². The van der Waals surface area contributed by atoms with Crippen LogP contribution >= 0.6 is 11.8 Å². The Morgan fingerprint density at radius 1 is 1.44 bits per heavy atom. The van der Waals surface area contributed by atoms with Crippen molar-refractivity contribution in [3.05, 3.63) is 0 Å². The van der Waals surface area contributed by atoms with Crippen molar-refractivity contribution in [3.8, 4) is 0 Å². The first-order valence-corrected chi connectivity index (χ1v) is 6.75. The van der Waals surface area contributed by atoms with Crippen LogP contribution < -0.4 is 10.6 Å². The van der Waals surface area contributed by atoms with E-state index in [2.05, 4.69) is 26.2 Å². The molecule has 0 aliphatic carbocycles. The van der Waals surface area contributed by atoms with Crippen molar-refractivity contribution >= 4 is 17.7 Å². The van der Waals surface area contributed by atoms with E-state index in [0.29, 0.717) is 17.5 Å². The first-order valence-electron chi connectivity index (χ1n) is 5.77. The predicted octanol–water partition coefficient (Wildman–Crippen LogP) is -0.101. The van der Waals surface area contributed by atoms with E-state index in [4.69, 9.17) is 0 Å². The van der Waals surface area contributed by atoms with Gasteiger partial charge in [0.25, 0.3) is 0 Å². The number of rotatable bonds is 6. The van der Waals surface area contributed by atoms with Crippen molar-refractivity contribution < 1.29 is 4.79 Å². The zero-order valence-corrected chi connectivity index (χ0v) is 12.0. The van der Waals surface area contributed by atoms with Crippen LogP contribution in [0.5, 0.6) is 0 Å². The fraction of sp³-hybridized carbons (Fsp3) is 0.800. The maximum atomic E-state index is 11.7. The van der Waals surface area contributed by atoms with Crippen LogP contribution in [-0.2, 0) is 11.3 Å². The first kappa shape index (κ1) is 14.9. The van der Waals surface area contributed by atoms with E-state index < -0.39 is 0 Å². The molecule has 0 spiro atoms. The van der Waals surface area contributed by atoms with Crippen LogP contribution in [0, 0.1) is 0 Å². The topological polar surface area (TPSA) is 84.7 Å². The zero-order chi connectivity index (χ0) is 13.6. The molecule has 8 heteroatoms. The maximum absolute atomic E-state index is 11.7. The van der Waals surface area contributed by atoms with Crippen LogP contribution in [0.25, 0.3) is 0 Å². The van der Waals surface area contributed by atoms with Crippen molar-refractivity contribution in [2.45, 2.75) is 38.0 Å². The summed E-state index contributed by atoms with van der Waals surface area (Å²) < 4.78 is 1.69. The molecule has 2 N–H and O–H groups in total. The summed E-state index contributed by atoms with van der Waals surface area (Å²) in [6, 6.07) is 0. The molecule has 18 heavy (non-hydrogen) atoms. The molecule has 0 saturated carbocycles. The molecule has 102 valence electrons. The van der Waals surface area contributed by atoms with Crippen molar-refractivity contribution in [1.82, 2.24) is 30.8 Å². The van der Waals surface area contributed by atoms with Gasteiger partial charge in [-0.25, -0.2) is 4.68 Å². The Labute approximate surface area is 111 Å². The average Bonchev–Trinajstić information content (AvgIpc) is 2.68. The molecule has 1 heterocycles. The van der Waals surface area contributed by atoms with E-state index in [0.717, 1.165) is 6.54 Å². The van der Waals surface area contributed by atoms with Crippen LogP contribution in [0.15, 0.2) is 5.16 Å². The summed E-state index contributed by atoms with van der Waals surface area (Å²) in [5.41, 5.74) is -0.213. The van der Waals surface area contributed by atoms with Gasteiger partial charge < -0.3 is 10.6 Å². The number of tetrazole rings is 1. The van der Waals surface area contributed by atoms with Gasteiger partial charge in [0.05, 0.1) is 12.3 Å². The lowest BCUT2D eigenvalue weighted by Gasteiger charge is -2.20. The predicted molar refractivity (Wildman–Crippen MR) is 70.4 cm³/mol. The quantitative estimate of drug-likeness (QED) is 0.704. The summed E-state index contributed by atoms with van der Waals surface area (Å²) in [4.78, 5) is 11.7.